The summed E-state index contributed by atoms with van der Waals surface area (Å²) in [5.74, 6) is 1.01. The molecule has 6 rings (SSSR count). The van der Waals surface area contributed by atoms with Crippen molar-refractivity contribution in [2.24, 2.45) is 16.8 Å². The molecule has 3 aromatic rings. The molecule has 1 N–H and O–H groups in total. The highest BCUT2D eigenvalue weighted by Gasteiger charge is 2.60. The lowest BCUT2D eigenvalue weighted by molar-refractivity contribution is -0.136. The van der Waals surface area contributed by atoms with Crippen LogP contribution in [0.15, 0.2) is 84.3 Å². The summed E-state index contributed by atoms with van der Waals surface area (Å²) in [5.41, 5.74) is 2.24. The molecule has 3 unspecified atom stereocenters. The molecule has 3 atom stereocenters. The van der Waals surface area contributed by atoms with Gasteiger partial charge in [-0.15, -0.1) is 0 Å². The van der Waals surface area contributed by atoms with Gasteiger partial charge < -0.3 is 4.90 Å². The van der Waals surface area contributed by atoms with Crippen LogP contribution in [-0.2, 0) is 17.8 Å². The number of allylic oxidation sites excluding steroid dienone is 1. The van der Waals surface area contributed by atoms with Gasteiger partial charge in [-0.2, -0.15) is 0 Å². The van der Waals surface area contributed by atoms with E-state index in [-0.39, 0.29) is 18.2 Å². The number of aliphatic imine (C=N–C) groups is 1. The van der Waals surface area contributed by atoms with Crippen LogP contribution in [0.5, 0.6) is 0 Å². The number of fused-ring (bicyclic) bond motifs is 2. The Hall–Kier alpha value is -3.55. The molecule has 2 aromatic carbocycles. The maximum Gasteiger partial charge on any atom is 0.223 e. The summed E-state index contributed by atoms with van der Waals surface area (Å²) < 4.78 is 0. The zero-order chi connectivity index (χ0) is 23.8. The van der Waals surface area contributed by atoms with E-state index < -0.39 is 0 Å². The van der Waals surface area contributed by atoms with Gasteiger partial charge in [0.2, 0.25) is 12.2 Å². The highest BCUT2D eigenvalue weighted by molar-refractivity contribution is 5.83. The minimum atomic E-state index is -0.372. The third-order valence-corrected chi connectivity index (χ3v) is 7.48. The Labute approximate surface area is 205 Å². The van der Waals surface area contributed by atoms with E-state index in [4.69, 9.17) is 0 Å². The molecule has 3 heterocycles. The number of rotatable bonds is 7. The van der Waals surface area contributed by atoms with Crippen LogP contribution >= 0.6 is 0 Å². The van der Waals surface area contributed by atoms with Crippen LogP contribution in [0, 0.1) is 11.8 Å². The number of hydrogen-bond donors (Lipinski definition) is 1. The van der Waals surface area contributed by atoms with Crippen molar-refractivity contribution in [2.45, 2.75) is 31.7 Å². The molecule has 1 aliphatic carbocycles. The van der Waals surface area contributed by atoms with Crippen molar-refractivity contribution in [3.8, 4) is 0 Å². The second-order valence-electron chi connectivity index (χ2n) is 9.70. The zero-order valence-corrected chi connectivity index (χ0v) is 19.5. The van der Waals surface area contributed by atoms with Crippen LogP contribution in [0.2, 0.25) is 0 Å². The number of likely N-dealkylation sites (tertiary alicyclic amines) is 1. The van der Waals surface area contributed by atoms with E-state index in [1.165, 1.54) is 10.8 Å². The van der Waals surface area contributed by atoms with E-state index in [9.17, 15) is 10.0 Å². The third kappa shape index (κ3) is 4.45. The maximum atomic E-state index is 13.5. The molecule has 1 saturated carbocycles. The second-order valence-corrected chi connectivity index (χ2v) is 9.70. The average molecular weight is 468 g/mol. The Bertz CT molecular complexity index is 1260. The third-order valence-electron chi connectivity index (χ3n) is 7.48. The van der Waals surface area contributed by atoms with Gasteiger partial charge >= 0.3 is 0 Å². The monoisotopic (exact) mass is 467 g/mol. The fourth-order valence-electron chi connectivity index (χ4n) is 5.67. The van der Waals surface area contributed by atoms with Crippen molar-refractivity contribution in [2.75, 3.05) is 13.1 Å². The summed E-state index contributed by atoms with van der Waals surface area (Å²) in [6.45, 7) is 2.27. The zero-order valence-electron chi connectivity index (χ0n) is 19.5. The second kappa shape index (κ2) is 9.24. The average Bonchev–Trinajstić information content (AvgIpc) is 3.37. The molecule has 178 valence electrons. The van der Waals surface area contributed by atoms with E-state index >= 15 is 0 Å². The fraction of sp³-hybridized carbons (Fsp3) is 0.321. The Morgan fingerprint density at radius 2 is 1.86 bits per heavy atom. The van der Waals surface area contributed by atoms with Crippen LogP contribution in [0.25, 0.3) is 10.8 Å². The number of pyridine rings is 1. The number of hydroxylamine groups is 2. The smallest absolute Gasteiger partial charge is 0.223 e. The molecule has 3 aliphatic rings. The molecule has 2 aliphatic heterocycles. The number of hydrogen-bond acceptors (Lipinski definition) is 6. The van der Waals surface area contributed by atoms with Crippen molar-refractivity contribution >= 4 is 22.9 Å². The van der Waals surface area contributed by atoms with Gasteiger partial charge in [0.05, 0.1) is 0 Å². The molecule has 0 spiro atoms. The van der Waals surface area contributed by atoms with Gasteiger partial charge in [-0.05, 0) is 58.4 Å². The SMILES string of the molecule is O=C(CCc1cccnc1)N(Cc1ccc2ccccc2c1)C1C2CN(C3N=CC=CN3O)CC21. The van der Waals surface area contributed by atoms with Crippen LogP contribution < -0.4 is 0 Å². The number of piperidine rings is 1. The number of benzene rings is 2. The molecule has 35 heavy (non-hydrogen) atoms. The molecule has 2 fully saturated rings. The number of amides is 1. The predicted octanol–water partition coefficient (Wildman–Crippen LogP) is 3.70. The van der Waals surface area contributed by atoms with E-state index in [2.05, 4.69) is 56.2 Å². The Morgan fingerprint density at radius 1 is 1.03 bits per heavy atom. The van der Waals surface area contributed by atoms with Crippen LogP contribution in [0.1, 0.15) is 17.5 Å². The molecule has 7 nitrogen and oxygen atoms in total. The maximum absolute atomic E-state index is 13.5. The standard InChI is InChI=1S/C28H29N5O2/c34-26(11-9-20-5-3-12-29-16-20)32(17-21-8-10-22-6-1-2-7-23(22)15-21)27-24-18-31(19-25(24)27)28-30-13-4-14-33(28)35/h1-8,10,12-16,24-25,27-28,35H,9,11,17-19H2. The fourth-order valence-corrected chi connectivity index (χ4v) is 5.67. The summed E-state index contributed by atoms with van der Waals surface area (Å²) in [4.78, 5) is 26.4. The van der Waals surface area contributed by atoms with Crippen molar-refractivity contribution in [3.05, 3.63) is 90.4 Å². The normalized spacial score (nSPS) is 25.1. The summed E-state index contributed by atoms with van der Waals surface area (Å²) in [6.07, 6.45) is 9.48. The van der Waals surface area contributed by atoms with Gasteiger partial charge in [0, 0.05) is 56.9 Å². The van der Waals surface area contributed by atoms with Gasteiger partial charge in [-0.1, -0.05) is 42.5 Å². The number of nitrogens with zero attached hydrogens (tertiary/aromatic N) is 5. The van der Waals surface area contributed by atoms with Crippen molar-refractivity contribution in [3.63, 3.8) is 0 Å². The molecule has 1 amide bonds. The quantitative estimate of drug-likeness (QED) is 0.574. The molecule has 7 heteroatoms. The first-order valence-corrected chi connectivity index (χ1v) is 12.2. The largest absolute Gasteiger partial charge is 0.335 e. The van der Waals surface area contributed by atoms with Crippen molar-refractivity contribution in [1.29, 1.82) is 0 Å². The molecule has 1 saturated heterocycles. The topological polar surface area (TPSA) is 72.3 Å². The van der Waals surface area contributed by atoms with E-state index in [0.717, 1.165) is 29.3 Å². The van der Waals surface area contributed by atoms with Crippen LogP contribution in [-0.4, -0.2) is 62.6 Å². The highest BCUT2D eigenvalue weighted by atomic mass is 16.5. The number of aryl methyl sites for hydroxylation is 1. The molecule has 0 radical (unpaired) electrons. The van der Waals surface area contributed by atoms with E-state index in [1.807, 2.05) is 24.4 Å². The van der Waals surface area contributed by atoms with E-state index in [1.54, 1.807) is 24.7 Å². The Morgan fingerprint density at radius 3 is 2.63 bits per heavy atom. The molecular weight excluding hydrogens is 438 g/mol. The van der Waals surface area contributed by atoms with E-state index in [0.29, 0.717) is 31.2 Å². The van der Waals surface area contributed by atoms with Crippen molar-refractivity contribution < 1.29 is 10.0 Å². The molecular formula is C28H29N5O2. The first kappa shape index (κ1) is 21.9. The van der Waals surface area contributed by atoms with Gasteiger partial charge in [-0.25, -0.2) is 5.06 Å². The first-order chi connectivity index (χ1) is 17.2. The van der Waals surface area contributed by atoms with Crippen LogP contribution in [0.3, 0.4) is 0 Å². The van der Waals surface area contributed by atoms with Crippen LogP contribution in [0.4, 0.5) is 0 Å². The highest BCUT2D eigenvalue weighted by Crippen LogP contribution is 2.50. The van der Waals surface area contributed by atoms with Gasteiger partial charge in [0.15, 0.2) is 0 Å². The first-order valence-electron chi connectivity index (χ1n) is 12.2. The summed E-state index contributed by atoms with van der Waals surface area (Å²) in [7, 11) is 0. The Balaban J connectivity index is 1.18. The van der Waals surface area contributed by atoms with Gasteiger partial charge in [0.25, 0.3) is 0 Å². The lowest BCUT2D eigenvalue weighted by atomic mass is 10.1. The summed E-state index contributed by atoms with van der Waals surface area (Å²) in [5, 5.41) is 13.7. The number of carbonyl (C=O) groups is 1. The lowest BCUT2D eigenvalue weighted by Gasteiger charge is -2.34. The number of carbonyl (C=O) groups excluding carboxylic acids is 1. The summed E-state index contributed by atoms with van der Waals surface area (Å²) in [6, 6.07) is 19.0. The summed E-state index contributed by atoms with van der Waals surface area (Å²) >= 11 is 0. The van der Waals surface area contributed by atoms with Gasteiger partial charge in [0.1, 0.15) is 0 Å². The van der Waals surface area contributed by atoms with Crippen molar-refractivity contribution in [1.82, 2.24) is 19.8 Å². The molecule has 1 aromatic heterocycles. The minimum absolute atomic E-state index is 0.190. The molecule has 0 bridgehead atoms. The minimum Gasteiger partial charge on any atom is -0.335 e. The van der Waals surface area contributed by atoms with Gasteiger partial charge in [-0.3, -0.25) is 24.9 Å². The number of aromatic nitrogens is 1. The lowest BCUT2D eigenvalue weighted by Crippen LogP contribution is -2.46. The predicted molar refractivity (Wildman–Crippen MR) is 134 cm³/mol. The Kier molecular flexibility index (Phi) is 5.80.